The lowest BCUT2D eigenvalue weighted by Gasteiger charge is -2.42. The molecule has 0 aromatic rings. The van der Waals surface area contributed by atoms with E-state index in [2.05, 4.69) is 53.4 Å². The Morgan fingerprint density at radius 2 is 1.65 bits per heavy atom. The molecule has 0 amide bonds. The van der Waals surface area contributed by atoms with Gasteiger partial charge in [-0.3, -0.25) is 4.79 Å². The maximum Gasteiger partial charge on any atom is 0.322 e. The van der Waals surface area contributed by atoms with Gasteiger partial charge in [-0.25, -0.2) is 0 Å². The molecular weight excluding hydrogens is 306 g/mol. The number of hydrogen-bond acceptors (Lipinski definition) is 4. The molecule has 0 saturated carbocycles. The third-order valence-electron chi connectivity index (χ3n) is 4.69. The highest BCUT2D eigenvalue weighted by Crippen LogP contribution is 2.42. The van der Waals surface area contributed by atoms with Crippen LogP contribution in [0.3, 0.4) is 0 Å². The monoisotopic (exact) mass is 343 g/mol. The average Bonchev–Trinajstić information content (AvgIpc) is 2.48. The molecule has 0 aliphatic carbocycles. The SMILES string of the molecule is C=CCN[C@@H](CCCO[Si](C(C)C)(C(C)C)C(C)C)C(=O)OC. The Bertz CT molecular complexity index is 334. The zero-order valence-electron chi connectivity index (χ0n) is 16.1. The lowest BCUT2D eigenvalue weighted by Crippen LogP contribution is -2.48. The van der Waals surface area contributed by atoms with Gasteiger partial charge in [0.1, 0.15) is 6.04 Å². The molecule has 4 nitrogen and oxygen atoms in total. The molecule has 1 N–H and O–H groups in total. The van der Waals surface area contributed by atoms with Crippen molar-refractivity contribution >= 4 is 14.3 Å². The van der Waals surface area contributed by atoms with Crippen molar-refractivity contribution in [3.05, 3.63) is 12.7 Å². The van der Waals surface area contributed by atoms with Crippen LogP contribution in [0.5, 0.6) is 0 Å². The summed E-state index contributed by atoms with van der Waals surface area (Å²) in [4.78, 5) is 11.8. The first-order valence-electron chi connectivity index (χ1n) is 8.80. The molecule has 0 spiro atoms. The molecule has 0 fully saturated rings. The Balaban J connectivity index is 4.63. The van der Waals surface area contributed by atoms with Crippen LogP contribution in [0, 0.1) is 0 Å². The van der Waals surface area contributed by atoms with Crippen molar-refractivity contribution in [3.63, 3.8) is 0 Å². The number of methoxy groups -OCH3 is 1. The van der Waals surface area contributed by atoms with Crippen LogP contribution in [0.2, 0.25) is 16.6 Å². The summed E-state index contributed by atoms with van der Waals surface area (Å²) in [6.07, 6.45) is 3.32. The third-order valence-corrected chi connectivity index (χ3v) is 10.8. The number of carbonyl (C=O) groups excluding carboxylic acids is 1. The van der Waals surface area contributed by atoms with Crippen LogP contribution in [0.1, 0.15) is 54.4 Å². The fourth-order valence-electron chi connectivity index (χ4n) is 3.71. The van der Waals surface area contributed by atoms with E-state index in [1.165, 1.54) is 7.11 Å². The number of nitrogens with one attached hydrogen (secondary N) is 1. The van der Waals surface area contributed by atoms with Crippen molar-refractivity contribution in [1.29, 1.82) is 0 Å². The molecule has 0 bridgehead atoms. The van der Waals surface area contributed by atoms with Gasteiger partial charge in [0.2, 0.25) is 0 Å². The van der Waals surface area contributed by atoms with Gasteiger partial charge in [-0.05, 0) is 29.5 Å². The highest BCUT2D eigenvalue weighted by atomic mass is 28.4. The molecule has 0 aliphatic rings. The van der Waals surface area contributed by atoms with Gasteiger partial charge in [0, 0.05) is 13.2 Å². The number of esters is 1. The van der Waals surface area contributed by atoms with Gasteiger partial charge in [0.15, 0.2) is 8.32 Å². The molecule has 0 heterocycles. The van der Waals surface area contributed by atoms with Gasteiger partial charge in [-0.1, -0.05) is 47.6 Å². The first-order valence-corrected chi connectivity index (χ1v) is 10.9. The summed E-state index contributed by atoms with van der Waals surface area (Å²) in [5.74, 6) is -0.216. The Kier molecular flexibility index (Phi) is 10.7. The molecule has 0 rings (SSSR count). The summed E-state index contributed by atoms with van der Waals surface area (Å²) in [7, 11) is -0.387. The van der Waals surface area contributed by atoms with Crippen LogP contribution in [-0.2, 0) is 14.0 Å². The van der Waals surface area contributed by atoms with Crippen molar-refractivity contribution in [2.75, 3.05) is 20.3 Å². The number of rotatable bonds is 12. The Morgan fingerprint density at radius 1 is 1.13 bits per heavy atom. The second-order valence-electron chi connectivity index (χ2n) is 7.08. The number of ether oxygens (including phenoxy) is 1. The summed E-state index contributed by atoms with van der Waals surface area (Å²) >= 11 is 0. The summed E-state index contributed by atoms with van der Waals surface area (Å²) in [5, 5.41) is 3.15. The fraction of sp³-hybridized carbons (Fsp3) is 0.833. The summed E-state index contributed by atoms with van der Waals surface area (Å²) in [6.45, 7) is 18.7. The van der Waals surface area contributed by atoms with Crippen LogP contribution < -0.4 is 5.32 Å². The van der Waals surface area contributed by atoms with Crippen molar-refractivity contribution in [2.45, 2.75) is 77.0 Å². The molecular formula is C18H37NO3Si. The van der Waals surface area contributed by atoms with E-state index in [4.69, 9.17) is 9.16 Å². The average molecular weight is 344 g/mol. The molecule has 1 atom stereocenters. The lowest BCUT2D eigenvalue weighted by atomic mass is 10.1. The van der Waals surface area contributed by atoms with Gasteiger partial charge in [-0.2, -0.15) is 0 Å². The molecule has 0 unspecified atom stereocenters. The molecule has 23 heavy (non-hydrogen) atoms. The standard InChI is InChI=1S/C18H37NO3Si/c1-9-12-19-17(18(20)21-8)11-10-13-22-23(14(2)3,15(4)5)16(6)7/h9,14-17,19H,1,10-13H2,2-8H3/t17-/m0/s1. The summed E-state index contributed by atoms with van der Waals surface area (Å²) < 4.78 is 11.4. The van der Waals surface area contributed by atoms with Gasteiger partial charge in [0.25, 0.3) is 0 Å². The first-order chi connectivity index (χ1) is 10.7. The fourth-order valence-corrected chi connectivity index (χ4v) is 9.21. The van der Waals surface area contributed by atoms with Crippen LogP contribution in [0.25, 0.3) is 0 Å². The number of carbonyl (C=O) groups is 1. The highest BCUT2D eigenvalue weighted by Gasteiger charge is 2.44. The molecule has 0 aromatic heterocycles. The van der Waals surface area contributed by atoms with Crippen molar-refractivity contribution < 1.29 is 14.0 Å². The maximum absolute atomic E-state index is 11.8. The lowest BCUT2D eigenvalue weighted by molar-refractivity contribution is -0.143. The van der Waals surface area contributed by atoms with E-state index in [0.717, 1.165) is 12.8 Å². The Labute approximate surface area is 144 Å². The van der Waals surface area contributed by atoms with Crippen LogP contribution in [0.15, 0.2) is 12.7 Å². The van der Waals surface area contributed by atoms with Gasteiger partial charge < -0.3 is 14.5 Å². The normalized spacial score (nSPS) is 13.7. The minimum Gasteiger partial charge on any atom is -0.468 e. The molecule has 5 heteroatoms. The first kappa shape index (κ1) is 22.3. The zero-order chi connectivity index (χ0) is 18.0. The molecule has 0 aliphatic heterocycles. The number of hydrogen-bond donors (Lipinski definition) is 1. The van der Waals surface area contributed by atoms with Gasteiger partial charge in [0.05, 0.1) is 7.11 Å². The van der Waals surface area contributed by atoms with Gasteiger partial charge in [-0.15, -0.1) is 6.58 Å². The van der Waals surface area contributed by atoms with E-state index in [9.17, 15) is 4.79 Å². The summed E-state index contributed by atoms with van der Waals surface area (Å²) in [6, 6.07) is -0.283. The molecule has 0 aromatic carbocycles. The Hall–Kier alpha value is -0.653. The quantitative estimate of drug-likeness (QED) is 0.249. The smallest absolute Gasteiger partial charge is 0.322 e. The van der Waals surface area contributed by atoms with E-state index in [0.29, 0.717) is 29.8 Å². The largest absolute Gasteiger partial charge is 0.468 e. The van der Waals surface area contributed by atoms with Crippen LogP contribution in [0.4, 0.5) is 0 Å². The second kappa shape index (κ2) is 11.0. The van der Waals surface area contributed by atoms with Gasteiger partial charge >= 0.3 is 5.97 Å². The van der Waals surface area contributed by atoms with E-state index >= 15 is 0 Å². The predicted octanol–water partition coefficient (Wildman–Crippen LogP) is 4.28. The minimum atomic E-state index is -1.81. The topological polar surface area (TPSA) is 47.6 Å². The van der Waals surface area contributed by atoms with E-state index in [-0.39, 0.29) is 12.0 Å². The van der Waals surface area contributed by atoms with Crippen LogP contribution in [-0.4, -0.2) is 40.6 Å². The van der Waals surface area contributed by atoms with Crippen molar-refractivity contribution in [3.8, 4) is 0 Å². The van der Waals surface area contributed by atoms with E-state index < -0.39 is 8.32 Å². The zero-order valence-corrected chi connectivity index (χ0v) is 17.1. The molecule has 136 valence electrons. The van der Waals surface area contributed by atoms with Crippen molar-refractivity contribution in [1.82, 2.24) is 5.32 Å². The maximum atomic E-state index is 11.8. The second-order valence-corrected chi connectivity index (χ2v) is 12.5. The minimum absolute atomic E-state index is 0.216. The third kappa shape index (κ3) is 6.40. The molecule has 0 radical (unpaired) electrons. The Morgan fingerprint density at radius 3 is 2.04 bits per heavy atom. The predicted molar refractivity (Wildman–Crippen MR) is 100 cm³/mol. The van der Waals surface area contributed by atoms with Crippen molar-refractivity contribution in [2.24, 2.45) is 0 Å². The highest BCUT2D eigenvalue weighted by molar-refractivity contribution is 6.77. The van der Waals surface area contributed by atoms with Crippen LogP contribution >= 0.6 is 0 Å². The molecule has 0 saturated heterocycles. The summed E-state index contributed by atoms with van der Waals surface area (Å²) in [5.41, 5.74) is 1.74. The van der Waals surface area contributed by atoms with E-state index in [1.54, 1.807) is 6.08 Å². The van der Waals surface area contributed by atoms with E-state index in [1.807, 2.05) is 0 Å².